The van der Waals surface area contributed by atoms with Crippen molar-refractivity contribution in [3.05, 3.63) is 70.3 Å². The van der Waals surface area contributed by atoms with Crippen LogP contribution >= 0.6 is 11.6 Å². The first-order chi connectivity index (χ1) is 22.8. The molecule has 1 amide bonds. The number of anilines is 1. The number of benzene rings is 2. The van der Waals surface area contributed by atoms with Gasteiger partial charge in [-0.25, -0.2) is 13.1 Å². The van der Waals surface area contributed by atoms with Crippen molar-refractivity contribution in [3.63, 3.8) is 0 Å². The van der Waals surface area contributed by atoms with Gasteiger partial charge in [-0.3, -0.25) is 9.69 Å². The number of halogens is 1. The highest BCUT2D eigenvalue weighted by molar-refractivity contribution is 7.90. The summed E-state index contributed by atoms with van der Waals surface area (Å²) in [6, 6.07) is 11.2. The van der Waals surface area contributed by atoms with Gasteiger partial charge in [0.05, 0.1) is 36.9 Å². The van der Waals surface area contributed by atoms with Gasteiger partial charge in [0.15, 0.2) is 0 Å². The predicted octanol–water partition coefficient (Wildman–Crippen LogP) is 5.60. The number of ether oxygens (including phenoxy) is 3. The summed E-state index contributed by atoms with van der Waals surface area (Å²) in [6.45, 7) is 8.51. The molecule has 3 heterocycles. The molecule has 4 atom stereocenters. The summed E-state index contributed by atoms with van der Waals surface area (Å²) in [6.07, 6.45) is 10.2. The largest absolute Gasteiger partial charge is 0.487 e. The quantitative estimate of drug-likeness (QED) is 0.416. The van der Waals surface area contributed by atoms with Crippen molar-refractivity contribution in [2.24, 2.45) is 11.8 Å². The van der Waals surface area contributed by atoms with Crippen LogP contribution in [0, 0.1) is 11.8 Å². The van der Waals surface area contributed by atoms with Crippen LogP contribution in [0.2, 0.25) is 5.02 Å². The number of fused-ring (bicyclic) bond motifs is 3. The van der Waals surface area contributed by atoms with Gasteiger partial charge in [0.2, 0.25) is 10.0 Å². The second kappa shape index (κ2) is 15.7. The van der Waals surface area contributed by atoms with Gasteiger partial charge in [0.25, 0.3) is 5.91 Å². The van der Waals surface area contributed by atoms with Crippen molar-refractivity contribution >= 4 is 33.2 Å². The summed E-state index contributed by atoms with van der Waals surface area (Å²) in [5.41, 5.74) is 3.40. The summed E-state index contributed by atoms with van der Waals surface area (Å²) in [4.78, 5) is 18.1. The van der Waals surface area contributed by atoms with Gasteiger partial charge in [-0.15, -0.1) is 0 Å². The average molecular weight is 686 g/mol. The van der Waals surface area contributed by atoms with Crippen LogP contribution in [-0.4, -0.2) is 83.1 Å². The number of aryl methyl sites for hydroxylation is 1. The predicted molar refractivity (Wildman–Crippen MR) is 185 cm³/mol. The van der Waals surface area contributed by atoms with Crippen molar-refractivity contribution in [2.75, 3.05) is 57.4 Å². The van der Waals surface area contributed by atoms with Crippen molar-refractivity contribution in [1.29, 1.82) is 0 Å². The van der Waals surface area contributed by atoms with Crippen LogP contribution in [0.25, 0.3) is 0 Å². The molecule has 0 spiro atoms. The van der Waals surface area contributed by atoms with Gasteiger partial charge in [-0.1, -0.05) is 29.8 Å². The fourth-order valence-corrected chi connectivity index (χ4v) is 8.30. The third-order valence-electron chi connectivity index (χ3n) is 10.2. The number of morpholine rings is 1. The topological polar surface area (TPSA) is 97.4 Å². The Morgan fingerprint density at radius 1 is 1.02 bits per heavy atom. The Labute approximate surface area is 284 Å². The molecule has 1 N–H and O–H groups in total. The van der Waals surface area contributed by atoms with Gasteiger partial charge in [0, 0.05) is 43.3 Å². The first kappa shape index (κ1) is 34.2. The van der Waals surface area contributed by atoms with E-state index in [2.05, 4.69) is 26.7 Å². The lowest BCUT2D eigenvalue weighted by molar-refractivity contribution is -0.0313. The van der Waals surface area contributed by atoms with E-state index in [1.165, 1.54) is 5.56 Å². The smallest absolute Gasteiger partial charge is 0.264 e. The molecule has 9 nitrogen and oxygen atoms in total. The number of sulfonamides is 1. The maximum atomic E-state index is 13.4. The van der Waals surface area contributed by atoms with Crippen molar-refractivity contribution < 1.29 is 27.4 Å². The monoisotopic (exact) mass is 685 g/mol. The van der Waals surface area contributed by atoms with Crippen LogP contribution in [0.1, 0.15) is 66.9 Å². The highest BCUT2D eigenvalue weighted by atomic mass is 35.5. The number of allylic oxidation sites excluding steroid dienone is 1. The normalized spacial score (nSPS) is 28.0. The summed E-state index contributed by atoms with van der Waals surface area (Å²) in [5.74, 6) is 0.819. The lowest BCUT2D eigenvalue weighted by Crippen LogP contribution is -2.45. The fourth-order valence-electron chi connectivity index (χ4n) is 7.09. The van der Waals surface area contributed by atoms with E-state index in [4.69, 9.17) is 25.8 Å². The molecule has 256 valence electrons. The van der Waals surface area contributed by atoms with E-state index in [0.717, 1.165) is 94.3 Å². The molecule has 4 aliphatic rings. The highest BCUT2D eigenvalue weighted by Crippen LogP contribution is 2.42. The number of carbonyl (C=O) groups is 1. The van der Waals surface area contributed by atoms with Gasteiger partial charge in [0.1, 0.15) is 12.4 Å². The van der Waals surface area contributed by atoms with E-state index in [1.807, 2.05) is 24.3 Å². The summed E-state index contributed by atoms with van der Waals surface area (Å²) in [7, 11) is -3.87. The standard InChI is InChI=1S/C36H48ClN3O6S/c1-26-6-2-3-8-34(45-21-18-39-16-19-44-20-17-39)32-13-10-29(32)24-40-15-5-4-7-27-22-31(37)12-9-30(27)25-46-35-14-11-28(23-33(35)40)36(41)38-47(26,42)43/h3,8-9,11-12,14,22-23,26,29,32,34H,2,4-7,10,13,15-21,24-25H2,1H3,(H,38,41)/b8-3+/t26-,29+,32-,34+/m1/s1. The van der Waals surface area contributed by atoms with E-state index in [1.54, 1.807) is 19.1 Å². The van der Waals surface area contributed by atoms with Gasteiger partial charge in [-0.05, 0) is 105 Å². The number of rotatable bonds is 4. The molecule has 2 bridgehead atoms. The molecule has 47 heavy (non-hydrogen) atoms. The van der Waals surface area contributed by atoms with Crippen LogP contribution in [0.5, 0.6) is 5.75 Å². The van der Waals surface area contributed by atoms with Crippen LogP contribution in [0.15, 0.2) is 48.6 Å². The van der Waals surface area contributed by atoms with Gasteiger partial charge >= 0.3 is 0 Å². The molecule has 0 unspecified atom stereocenters. The minimum atomic E-state index is -3.87. The molecule has 3 aliphatic heterocycles. The van der Waals surface area contributed by atoms with Crippen molar-refractivity contribution in [2.45, 2.75) is 69.8 Å². The molecular weight excluding hydrogens is 638 g/mol. The summed E-state index contributed by atoms with van der Waals surface area (Å²) in [5, 5.41) is -0.00812. The molecule has 1 saturated carbocycles. The molecule has 0 aromatic heterocycles. The first-order valence-corrected chi connectivity index (χ1v) is 19.1. The summed E-state index contributed by atoms with van der Waals surface area (Å²) < 4.78 is 47.3. The van der Waals surface area contributed by atoms with E-state index in [-0.39, 0.29) is 6.10 Å². The molecule has 6 rings (SSSR count). The molecule has 11 heteroatoms. The molecule has 2 aromatic rings. The second-order valence-corrected chi connectivity index (χ2v) is 15.9. The van der Waals surface area contributed by atoms with Crippen LogP contribution < -0.4 is 14.4 Å². The Morgan fingerprint density at radius 2 is 1.87 bits per heavy atom. The molecule has 0 radical (unpaired) electrons. The maximum Gasteiger partial charge on any atom is 0.264 e. The number of nitrogens with one attached hydrogen (secondary N) is 1. The number of nitrogens with zero attached hydrogens (tertiary/aromatic N) is 2. The van der Waals surface area contributed by atoms with Crippen LogP contribution in [-0.2, 0) is 32.5 Å². The average Bonchev–Trinajstić information content (AvgIpc) is 3.07. The second-order valence-electron chi connectivity index (χ2n) is 13.4. The number of hydrogen-bond donors (Lipinski definition) is 1. The SMILES string of the molecule is C[C@@H]1CC/C=C/[C@H](OCCN2CCOCC2)[C@@H]2CC[C@H]2CN2CCCCc3cc(Cl)ccc3COc3ccc(cc32)C(=O)NS1(=O)=O. The molecule has 2 fully saturated rings. The van der Waals surface area contributed by atoms with E-state index in [9.17, 15) is 13.2 Å². The summed E-state index contributed by atoms with van der Waals surface area (Å²) >= 11 is 6.36. The third kappa shape index (κ3) is 8.70. The van der Waals surface area contributed by atoms with Gasteiger partial charge in [-0.2, -0.15) is 0 Å². The van der Waals surface area contributed by atoms with E-state index < -0.39 is 21.2 Å². The minimum absolute atomic E-state index is 0.0421. The molecule has 2 aromatic carbocycles. The Balaban J connectivity index is 1.30. The Hall–Kier alpha value is -2.63. The van der Waals surface area contributed by atoms with Crippen molar-refractivity contribution in [3.8, 4) is 5.75 Å². The Bertz CT molecular complexity index is 1530. The maximum absolute atomic E-state index is 13.4. The molecule has 1 aliphatic carbocycles. The third-order valence-corrected chi connectivity index (χ3v) is 12.2. The molecule has 1 saturated heterocycles. The molecular formula is C36H48ClN3O6S. The van der Waals surface area contributed by atoms with E-state index >= 15 is 0 Å². The first-order valence-electron chi connectivity index (χ1n) is 17.2. The van der Waals surface area contributed by atoms with Crippen LogP contribution in [0.3, 0.4) is 0 Å². The fraction of sp³-hybridized carbons (Fsp3) is 0.583. The zero-order valence-electron chi connectivity index (χ0n) is 27.4. The van der Waals surface area contributed by atoms with E-state index in [0.29, 0.717) is 49.2 Å². The zero-order chi connectivity index (χ0) is 32.8. The number of hydrogen-bond acceptors (Lipinski definition) is 8. The Morgan fingerprint density at radius 3 is 2.68 bits per heavy atom. The highest BCUT2D eigenvalue weighted by Gasteiger charge is 2.38. The van der Waals surface area contributed by atoms with Gasteiger partial charge < -0.3 is 19.1 Å². The van der Waals surface area contributed by atoms with Crippen LogP contribution in [0.4, 0.5) is 5.69 Å². The number of amides is 1. The lowest BCUT2D eigenvalue weighted by Gasteiger charge is -2.44. The minimum Gasteiger partial charge on any atom is -0.487 e. The zero-order valence-corrected chi connectivity index (χ0v) is 28.9. The Kier molecular flexibility index (Phi) is 11.5. The van der Waals surface area contributed by atoms with Crippen molar-refractivity contribution in [1.82, 2.24) is 9.62 Å². The lowest BCUT2D eigenvalue weighted by atomic mass is 9.70. The number of carbonyl (C=O) groups excluding carboxylic acids is 1.